The first-order chi connectivity index (χ1) is 34.5. The van der Waals surface area contributed by atoms with E-state index < -0.39 is 69.4 Å². The predicted octanol–water partition coefficient (Wildman–Crippen LogP) is 9.09. The average molecular weight is 985 g/mol. The summed E-state index contributed by atoms with van der Waals surface area (Å²) < 4.78 is 4.51. The summed E-state index contributed by atoms with van der Waals surface area (Å²) in [6, 6.07) is 59.1. The molecule has 4 N–H and O–H groups in total. The fourth-order valence-electron chi connectivity index (χ4n) is 9.20. The molecular weight excluding hydrogens is 925 g/mol. The van der Waals surface area contributed by atoms with Crippen LogP contribution in [0.5, 0.6) is 0 Å². The van der Waals surface area contributed by atoms with Crippen LogP contribution in [-0.2, 0) is 38.2 Å². The van der Waals surface area contributed by atoms with Gasteiger partial charge in [-0.25, -0.2) is 0 Å². The molecule has 1 saturated heterocycles. The summed E-state index contributed by atoms with van der Waals surface area (Å²) in [4.78, 5) is 70.3. The highest BCUT2D eigenvalue weighted by Crippen LogP contribution is 2.50. The van der Waals surface area contributed by atoms with Gasteiger partial charge in [-0.3, -0.25) is 24.0 Å². The lowest BCUT2D eigenvalue weighted by molar-refractivity contribution is -0.148. The number of esters is 1. The highest BCUT2D eigenvalue weighted by Gasteiger charge is 2.52. The van der Waals surface area contributed by atoms with Crippen molar-refractivity contribution in [2.45, 2.75) is 72.8 Å². The smallest absolute Gasteiger partial charge is 0.326 e. The second-order valence-electron chi connectivity index (χ2n) is 18.3. The Bertz CT molecular complexity index is 2570. The van der Waals surface area contributed by atoms with E-state index in [1.165, 1.54) is 11.8 Å². The fourth-order valence-corrected chi connectivity index (χ4v) is 12.2. The lowest BCUT2D eigenvalue weighted by Crippen LogP contribution is -2.59. The van der Waals surface area contributed by atoms with Gasteiger partial charge in [-0.1, -0.05) is 202 Å². The second-order valence-corrected chi connectivity index (χ2v) is 20.8. The zero-order valence-corrected chi connectivity index (χ0v) is 41.6. The maximum Gasteiger partial charge on any atom is 0.326 e. The first kappa shape index (κ1) is 50.5. The normalized spacial score (nSPS) is 19.1. The van der Waals surface area contributed by atoms with E-state index in [1.54, 1.807) is 31.7 Å². The van der Waals surface area contributed by atoms with Crippen LogP contribution in [0.4, 0.5) is 0 Å². The number of hydrogen-bond donors (Lipinski definition) is 4. The number of cyclic esters (lactones) is 1. The lowest BCUT2D eigenvalue weighted by Gasteiger charge is -2.37. The van der Waals surface area contributed by atoms with Crippen molar-refractivity contribution in [1.82, 2.24) is 21.3 Å². The van der Waals surface area contributed by atoms with Crippen molar-refractivity contribution in [3.05, 3.63) is 228 Å². The van der Waals surface area contributed by atoms with Crippen LogP contribution in [0.25, 0.3) is 0 Å². The molecule has 1 spiro atoms. The Hall–Kier alpha value is -6.89. The summed E-state index contributed by atoms with van der Waals surface area (Å²) in [5, 5.41) is 11.5. The van der Waals surface area contributed by atoms with Crippen molar-refractivity contribution in [2.24, 2.45) is 5.92 Å². The van der Waals surface area contributed by atoms with Crippen LogP contribution in [0.1, 0.15) is 72.9 Å². The summed E-state index contributed by atoms with van der Waals surface area (Å²) in [7, 11) is 0. The Kier molecular flexibility index (Phi) is 16.6. The van der Waals surface area contributed by atoms with Crippen molar-refractivity contribution in [1.29, 1.82) is 0 Å². The molecule has 1 heterocycles. The first-order valence-corrected chi connectivity index (χ1v) is 26.2. The molecule has 2 fully saturated rings. The van der Waals surface area contributed by atoms with E-state index in [0.717, 1.165) is 33.4 Å². The van der Waals surface area contributed by atoms with E-state index in [4.69, 9.17) is 4.74 Å². The molecule has 0 radical (unpaired) electrons. The van der Waals surface area contributed by atoms with Gasteiger partial charge in [0.2, 0.25) is 23.6 Å². The quantitative estimate of drug-likeness (QED) is 0.0346. The molecular formula is C59H60N4O6S2. The van der Waals surface area contributed by atoms with Gasteiger partial charge in [0.25, 0.3) is 0 Å². The van der Waals surface area contributed by atoms with Gasteiger partial charge < -0.3 is 26.0 Å². The van der Waals surface area contributed by atoms with Gasteiger partial charge in [-0.05, 0) is 70.4 Å². The van der Waals surface area contributed by atoms with E-state index in [-0.39, 0.29) is 18.1 Å². The molecule has 1 saturated carbocycles. The monoisotopic (exact) mass is 984 g/mol. The van der Waals surface area contributed by atoms with Crippen LogP contribution < -0.4 is 21.3 Å². The summed E-state index contributed by atoms with van der Waals surface area (Å²) >= 11 is 3.29. The van der Waals surface area contributed by atoms with Gasteiger partial charge in [0.1, 0.15) is 30.3 Å². The first-order valence-electron chi connectivity index (χ1n) is 24.2. The van der Waals surface area contributed by atoms with Gasteiger partial charge in [-0.2, -0.15) is 0 Å². The van der Waals surface area contributed by atoms with Gasteiger partial charge in [-0.15, -0.1) is 23.5 Å². The standard InChI is InChI=1S/C59H60N4O6S2/c1-42(2)53-55(67)60-40-52(65)69-49(35-21-22-38-70-58(43-23-9-3-10-24-43,44-25-11-4-12-26-44)45-27-13-5-14-28-45)39-51(64)63-57(36-37-57)56(68)61-50(54(66)62-53)41-71-59(46-29-15-6-16-30-46,47-31-17-7-18-32-47)48-33-19-8-20-34-48/h3-21,23-35,42,49-50,53H,22,36-41H2,1-2H3,(H,60,67)(H,61,68)(H,62,66)(H,63,64)/t49-,50-,53?/m1/s1. The molecule has 71 heavy (non-hydrogen) atoms. The number of ether oxygens (including phenoxy) is 1. The Morgan fingerprint density at radius 2 is 1.01 bits per heavy atom. The molecule has 12 heteroatoms. The second kappa shape index (κ2) is 23.3. The molecule has 0 bridgehead atoms. The Morgan fingerprint density at radius 1 is 0.592 bits per heavy atom. The van der Waals surface area contributed by atoms with E-state index in [2.05, 4.69) is 130 Å². The molecule has 1 unspecified atom stereocenters. The number of hydrogen-bond acceptors (Lipinski definition) is 8. The lowest BCUT2D eigenvalue weighted by atomic mass is 9.84. The van der Waals surface area contributed by atoms with Crippen LogP contribution >= 0.6 is 23.5 Å². The molecule has 3 atom stereocenters. The van der Waals surface area contributed by atoms with Crippen molar-refractivity contribution in [3.63, 3.8) is 0 Å². The van der Waals surface area contributed by atoms with E-state index in [9.17, 15) is 24.0 Å². The number of carbonyl (C=O) groups is 5. The highest BCUT2D eigenvalue weighted by molar-refractivity contribution is 8.00. The molecule has 6 aromatic carbocycles. The van der Waals surface area contributed by atoms with Crippen LogP contribution in [0.3, 0.4) is 0 Å². The number of rotatable bonds is 15. The summed E-state index contributed by atoms with van der Waals surface area (Å²) in [5.41, 5.74) is 5.06. The molecule has 2 aliphatic rings. The molecule has 8 rings (SSSR count). The summed E-state index contributed by atoms with van der Waals surface area (Å²) in [6.07, 6.45) is 3.65. The minimum absolute atomic E-state index is 0.0906. The maximum atomic E-state index is 14.6. The molecule has 6 aromatic rings. The van der Waals surface area contributed by atoms with Crippen molar-refractivity contribution in [2.75, 3.05) is 18.1 Å². The van der Waals surface area contributed by atoms with Gasteiger partial charge in [0, 0.05) is 5.75 Å². The van der Waals surface area contributed by atoms with Crippen LogP contribution in [0, 0.1) is 5.92 Å². The number of carbonyl (C=O) groups excluding carboxylic acids is 5. The SMILES string of the molecule is CC(C)C1NC(=O)[C@@H](CSC(c2ccccc2)(c2ccccc2)c2ccccc2)NC(=O)C2(CC2)NC(=O)C[C@@H](C=CCCSC(c2ccccc2)(c2ccccc2)c2ccccc2)OC(=O)CNC1=O. The zero-order chi connectivity index (χ0) is 49.7. The average Bonchev–Trinajstić information content (AvgIpc) is 4.19. The third kappa shape index (κ3) is 11.8. The highest BCUT2D eigenvalue weighted by atomic mass is 32.2. The molecule has 10 nitrogen and oxygen atoms in total. The van der Waals surface area contributed by atoms with Crippen LogP contribution in [0.2, 0.25) is 0 Å². The third-order valence-corrected chi connectivity index (χ3v) is 16.2. The van der Waals surface area contributed by atoms with Crippen molar-refractivity contribution < 1.29 is 28.7 Å². The van der Waals surface area contributed by atoms with Crippen molar-refractivity contribution >= 4 is 53.1 Å². The molecule has 1 aliphatic carbocycles. The van der Waals surface area contributed by atoms with Crippen LogP contribution in [0.15, 0.2) is 194 Å². The Labute approximate surface area is 425 Å². The predicted molar refractivity (Wildman–Crippen MR) is 283 cm³/mol. The van der Waals surface area contributed by atoms with Crippen LogP contribution in [-0.4, -0.2) is 71.4 Å². The van der Waals surface area contributed by atoms with Gasteiger partial charge >= 0.3 is 5.97 Å². The number of thioether (sulfide) groups is 2. The topological polar surface area (TPSA) is 143 Å². The fraction of sp³-hybridized carbons (Fsp3) is 0.271. The van der Waals surface area contributed by atoms with Gasteiger partial charge in [0.15, 0.2) is 0 Å². The number of benzene rings is 6. The zero-order valence-electron chi connectivity index (χ0n) is 40.0. The van der Waals surface area contributed by atoms with E-state index >= 15 is 0 Å². The minimum atomic E-state index is -1.27. The van der Waals surface area contributed by atoms with E-state index in [1.807, 2.05) is 78.9 Å². The molecule has 1 aliphatic heterocycles. The Balaban J connectivity index is 1.04. The van der Waals surface area contributed by atoms with Crippen molar-refractivity contribution in [3.8, 4) is 0 Å². The maximum absolute atomic E-state index is 14.6. The number of amides is 4. The number of nitrogens with one attached hydrogen (secondary N) is 4. The molecule has 364 valence electrons. The Morgan fingerprint density at radius 3 is 1.42 bits per heavy atom. The summed E-state index contributed by atoms with van der Waals surface area (Å²) in [5.74, 6) is -2.53. The largest absolute Gasteiger partial charge is 0.456 e. The third-order valence-electron chi connectivity index (χ3n) is 13.0. The summed E-state index contributed by atoms with van der Waals surface area (Å²) in [6.45, 7) is 3.11. The van der Waals surface area contributed by atoms with Gasteiger partial charge in [0.05, 0.1) is 15.9 Å². The minimum Gasteiger partial charge on any atom is -0.456 e. The molecule has 0 aromatic heterocycles. The van der Waals surface area contributed by atoms with E-state index in [0.29, 0.717) is 25.0 Å². The molecule has 4 amide bonds. The number of allylic oxidation sites excluding steroid dienone is 1.